The molecule has 1 aromatic carbocycles. The Kier molecular flexibility index (Phi) is 6.32. The van der Waals surface area contributed by atoms with Crippen LogP contribution in [0.15, 0.2) is 28.7 Å². The van der Waals surface area contributed by atoms with Crippen molar-refractivity contribution in [1.29, 1.82) is 0 Å². The van der Waals surface area contributed by atoms with Crippen LogP contribution in [0.3, 0.4) is 0 Å². The van der Waals surface area contributed by atoms with Crippen LogP contribution < -0.4 is 16.4 Å². The van der Waals surface area contributed by atoms with E-state index >= 15 is 0 Å². The van der Waals surface area contributed by atoms with E-state index in [1.807, 2.05) is 0 Å². The number of primary amides is 1. The molecule has 1 amide bonds. The van der Waals surface area contributed by atoms with Gasteiger partial charge in [-0.1, -0.05) is 11.8 Å². The molecule has 3 aliphatic rings. The fourth-order valence-corrected chi connectivity index (χ4v) is 5.94. The molecule has 11 nitrogen and oxygen atoms in total. The minimum atomic E-state index is -2.68. The van der Waals surface area contributed by atoms with Crippen LogP contribution in [-0.4, -0.2) is 89.2 Å². The first-order valence-corrected chi connectivity index (χ1v) is 11.7. The fraction of sp³-hybridized carbons (Fsp3) is 0.423. The van der Waals surface area contributed by atoms with Crippen LogP contribution in [0.5, 0.6) is 5.75 Å². The van der Waals surface area contributed by atoms with Gasteiger partial charge in [0, 0.05) is 31.3 Å². The molecule has 0 aromatic heterocycles. The summed E-state index contributed by atoms with van der Waals surface area (Å²) in [7, 11) is 6.71. The van der Waals surface area contributed by atoms with Crippen LogP contribution in [0.25, 0.3) is 0 Å². The number of phenols is 1. The van der Waals surface area contributed by atoms with E-state index in [0.717, 1.165) is 0 Å². The zero-order valence-corrected chi connectivity index (χ0v) is 21.0. The van der Waals surface area contributed by atoms with E-state index in [0.29, 0.717) is 11.3 Å². The van der Waals surface area contributed by atoms with Gasteiger partial charge >= 0.3 is 0 Å². The number of benzene rings is 1. The SMILES string of the molecule is CN(C)c1cc(C#CCN)c(O)c2c1C[C@@H]1C[C@@H]3[C@@H](N(C)C)C(O)=C(C(N)=O)C(=O)[C@]3(O)C(O)=C1C2=O. The second-order valence-electron chi connectivity index (χ2n) is 10.0. The summed E-state index contributed by atoms with van der Waals surface area (Å²) in [4.78, 5) is 42.5. The van der Waals surface area contributed by atoms with Crippen LogP contribution in [-0.2, 0) is 16.0 Å². The minimum Gasteiger partial charge on any atom is -0.510 e. The van der Waals surface area contributed by atoms with E-state index in [1.165, 1.54) is 4.90 Å². The number of nitrogens with zero attached hydrogens (tertiary/aromatic N) is 2. The summed E-state index contributed by atoms with van der Waals surface area (Å²) < 4.78 is 0. The number of carbonyl (C=O) groups excluding carboxylic acids is 3. The number of hydrogen-bond acceptors (Lipinski definition) is 10. The lowest BCUT2D eigenvalue weighted by atomic mass is 9.58. The first-order chi connectivity index (χ1) is 17.3. The molecular formula is C26H30N4O7. The molecule has 0 unspecified atom stereocenters. The molecule has 196 valence electrons. The number of anilines is 1. The fourth-order valence-electron chi connectivity index (χ4n) is 5.94. The Labute approximate surface area is 213 Å². The number of Topliss-reactive ketones (excluding diaryl/α,β-unsaturated/α-hetero) is 2. The third kappa shape index (κ3) is 3.60. The summed E-state index contributed by atoms with van der Waals surface area (Å²) in [5.74, 6) is -1.54. The quantitative estimate of drug-likeness (QED) is 0.228. The minimum absolute atomic E-state index is 0.0219. The Bertz CT molecular complexity index is 1360. The molecule has 0 radical (unpaired) electrons. The molecule has 0 fully saturated rings. The first-order valence-electron chi connectivity index (χ1n) is 11.7. The highest BCUT2D eigenvalue weighted by Crippen LogP contribution is 2.53. The van der Waals surface area contributed by atoms with Gasteiger partial charge in [0.1, 0.15) is 22.8 Å². The Morgan fingerprint density at radius 3 is 2.38 bits per heavy atom. The van der Waals surface area contributed by atoms with Crippen LogP contribution in [0.4, 0.5) is 5.69 Å². The number of aromatic hydroxyl groups is 1. The number of hydrogen-bond donors (Lipinski definition) is 6. The van der Waals surface area contributed by atoms with Crippen molar-refractivity contribution in [3.8, 4) is 17.6 Å². The standard InChI is InChI=1S/C26H30N4O7/c1-29(2)15-10-11(6-5-7-27)20(31)17-13(15)8-12-9-14-19(30(3)4)22(33)18(25(28)36)24(35)26(14,37)23(34)16(12)21(17)32/h10,12,14,19,31,33-34,37H,7-9,27H2,1-4H3,(H2,28,36)/t12-,14-,19-,26-/m1/s1. The van der Waals surface area contributed by atoms with Crippen LogP contribution in [0.1, 0.15) is 27.9 Å². The van der Waals surface area contributed by atoms with Crippen molar-refractivity contribution >= 4 is 23.2 Å². The molecular weight excluding hydrogens is 480 g/mol. The Hall–Kier alpha value is -3.85. The van der Waals surface area contributed by atoms with Crippen molar-refractivity contribution in [3.05, 3.63) is 45.4 Å². The highest BCUT2D eigenvalue weighted by molar-refractivity contribution is 6.25. The molecule has 1 aromatic rings. The van der Waals surface area contributed by atoms with Gasteiger partial charge in [-0.15, -0.1) is 0 Å². The maximum Gasteiger partial charge on any atom is 0.255 e. The first kappa shape index (κ1) is 26.2. The van der Waals surface area contributed by atoms with Gasteiger partial charge in [-0.3, -0.25) is 19.3 Å². The van der Waals surface area contributed by atoms with Gasteiger partial charge < -0.3 is 36.8 Å². The normalized spacial score (nSPS) is 26.8. The van der Waals surface area contributed by atoms with Gasteiger partial charge in [0.25, 0.3) is 5.91 Å². The molecule has 0 spiro atoms. The Balaban J connectivity index is 2.00. The zero-order valence-electron chi connectivity index (χ0n) is 21.0. The van der Waals surface area contributed by atoms with Gasteiger partial charge in [-0.2, -0.15) is 0 Å². The average Bonchev–Trinajstić information content (AvgIpc) is 2.80. The summed E-state index contributed by atoms with van der Waals surface area (Å²) >= 11 is 0. The number of amides is 1. The smallest absolute Gasteiger partial charge is 0.255 e. The maximum atomic E-state index is 13.8. The summed E-state index contributed by atoms with van der Waals surface area (Å²) in [6.07, 6.45) is 0.217. The number of aliphatic hydroxyl groups excluding tert-OH is 2. The van der Waals surface area contributed by atoms with Crippen molar-refractivity contribution in [3.63, 3.8) is 0 Å². The second kappa shape index (κ2) is 8.92. The lowest BCUT2D eigenvalue weighted by Gasteiger charge is -2.50. The Morgan fingerprint density at radius 2 is 1.84 bits per heavy atom. The molecule has 37 heavy (non-hydrogen) atoms. The predicted octanol–water partition coefficient (Wildman–Crippen LogP) is -0.503. The number of ketones is 2. The third-order valence-corrected chi connectivity index (χ3v) is 7.51. The van der Waals surface area contributed by atoms with Crippen LogP contribution >= 0.6 is 0 Å². The topological polar surface area (TPSA) is 191 Å². The Morgan fingerprint density at radius 1 is 1.19 bits per heavy atom. The number of rotatable bonds is 3. The number of phenolic OH excluding ortho intramolecular Hbond substituents is 1. The van der Waals surface area contributed by atoms with E-state index < -0.39 is 63.8 Å². The lowest BCUT2D eigenvalue weighted by Crippen LogP contribution is -2.63. The number of fused-ring (bicyclic) bond motifs is 3. The van der Waals surface area contributed by atoms with Crippen molar-refractivity contribution in [2.45, 2.75) is 24.5 Å². The van der Waals surface area contributed by atoms with Crippen molar-refractivity contribution in [2.75, 3.05) is 39.6 Å². The molecule has 4 atom stereocenters. The molecule has 0 saturated carbocycles. The number of allylic oxidation sites excluding steroid dienone is 1. The lowest BCUT2D eigenvalue weighted by molar-refractivity contribution is -0.148. The van der Waals surface area contributed by atoms with Crippen molar-refractivity contribution in [1.82, 2.24) is 4.90 Å². The monoisotopic (exact) mass is 510 g/mol. The molecule has 3 aliphatic carbocycles. The molecule has 0 saturated heterocycles. The van der Waals surface area contributed by atoms with Crippen LogP contribution in [0.2, 0.25) is 0 Å². The summed E-state index contributed by atoms with van der Waals surface area (Å²) in [5.41, 5.74) is 8.31. The number of aliphatic hydroxyl groups is 3. The molecule has 0 bridgehead atoms. The van der Waals surface area contributed by atoms with Gasteiger partial charge in [0.15, 0.2) is 11.4 Å². The van der Waals surface area contributed by atoms with E-state index in [9.17, 15) is 34.8 Å². The summed E-state index contributed by atoms with van der Waals surface area (Å²) in [6.45, 7) is 0.0297. The predicted molar refractivity (Wildman–Crippen MR) is 134 cm³/mol. The van der Waals surface area contributed by atoms with E-state index in [2.05, 4.69) is 11.8 Å². The molecule has 11 heteroatoms. The van der Waals surface area contributed by atoms with E-state index in [1.54, 1.807) is 39.2 Å². The maximum absolute atomic E-state index is 13.8. The van der Waals surface area contributed by atoms with Gasteiger partial charge in [-0.25, -0.2) is 0 Å². The van der Waals surface area contributed by atoms with Crippen LogP contribution in [0, 0.1) is 23.7 Å². The molecule has 0 aliphatic heterocycles. The van der Waals surface area contributed by atoms with Crippen molar-refractivity contribution < 1.29 is 34.8 Å². The highest BCUT2D eigenvalue weighted by atomic mass is 16.3. The summed E-state index contributed by atoms with van der Waals surface area (Å²) in [5, 5.41) is 44.9. The molecule has 8 N–H and O–H groups in total. The van der Waals surface area contributed by atoms with Crippen molar-refractivity contribution in [2.24, 2.45) is 23.3 Å². The average molecular weight is 511 g/mol. The molecule has 4 rings (SSSR count). The highest BCUT2D eigenvalue weighted by Gasteiger charge is 2.63. The number of carbonyl (C=O) groups is 3. The van der Waals surface area contributed by atoms with Gasteiger partial charge in [0.2, 0.25) is 5.78 Å². The van der Waals surface area contributed by atoms with Gasteiger partial charge in [0.05, 0.1) is 23.7 Å². The third-order valence-electron chi connectivity index (χ3n) is 7.51. The van der Waals surface area contributed by atoms with E-state index in [-0.39, 0.29) is 36.1 Å². The number of nitrogens with two attached hydrogens (primary N) is 2. The van der Waals surface area contributed by atoms with Gasteiger partial charge in [-0.05, 0) is 44.5 Å². The largest absolute Gasteiger partial charge is 0.510 e. The summed E-state index contributed by atoms with van der Waals surface area (Å²) in [6, 6.07) is 0.610. The number of likely N-dealkylation sites (N-methyl/N-ethyl adjacent to an activating group) is 1. The zero-order chi connectivity index (χ0) is 27.6. The molecule has 0 heterocycles. The van der Waals surface area contributed by atoms with E-state index in [4.69, 9.17) is 11.5 Å². The second-order valence-corrected chi connectivity index (χ2v) is 10.0.